The first kappa shape index (κ1) is 78.4. The van der Waals surface area contributed by atoms with Crippen LogP contribution in [0.1, 0.15) is 238 Å². The van der Waals surface area contributed by atoms with E-state index < -0.39 is 42.9 Å². The number of thiophene rings is 1. The minimum Gasteiger partial charge on any atom is -0.461 e. The molecule has 0 aliphatic heterocycles. The molecule has 1 aromatic heterocycles. The van der Waals surface area contributed by atoms with Crippen LogP contribution in [0.2, 0.25) is 0 Å². The molecule has 8 saturated carbocycles. The van der Waals surface area contributed by atoms with Crippen molar-refractivity contribution >= 4 is 29.2 Å². The van der Waals surface area contributed by atoms with Crippen LogP contribution >= 0.6 is 11.3 Å². The second-order valence-electron chi connectivity index (χ2n) is 30.3. The van der Waals surface area contributed by atoms with Crippen LogP contribution in [0.4, 0.5) is 26.3 Å². The van der Waals surface area contributed by atoms with Gasteiger partial charge in [0.2, 0.25) is 6.36 Å². The molecule has 0 amide bonds. The first-order valence-corrected chi connectivity index (χ1v) is 39.2. The van der Waals surface area contributed by atoms with Crippen LogP contribution in [0.5, 0.6) is 5.75 Å². The molecule has 9 aliphatic rings. The Balaban J connectivity index is 0.000000140. The van der Waals surface area contributed by atoms with Crippen molar-refractivity contribution in [2.24, 2.45) is 46.8 Å². The Morgan fingerprint density at radius 3 is 1.65 bits per heavy atom. The molecule has 1 heterocycles. The quantitative estimate of drug-likeness (QED) is 0.0550. The average molecular weight is 1400 g/mol. The molecule has 4 unspecified atom stereocenters. The predicted molar refractivity (Wildman–Crippen MR) is 403 cm³/mol. The van der Waals surface area contributed by atoms with E-state index in [4.69, 9.17) is 4.74 Å². The van der Waals surface area contributed by atoms with Crippen LogP contribution in [0.3, 0.4) is 0 Å². The van der Waals surface area contributed by atoms with Crippen LogP contribution in [0.15, 0.2) is 193 Å². The van der Waals surface area contributed by atoms with E-state index in [1.165, 1.54) is 106 Å². The van der Waals surface area contributed by atoms with Crippen molar-refractivity contribution in [2.75, 3.05) is 0 Å². The standard InChI is InChI=1S/C20H25FO2.C16H13FO2.C13H13FS.C13H23F.C10H15F.C9H11F.C9H12/c1-12(21)23-14-4-6-15-13(11-14)3-5-17-16(15)9-10-20(2)18(17)7-8-19(20)22;17-16(14-9-5-2-6-10-14)19-15(18)12-11-13-7-3-1-4-8-13;14-13(12-8-9-15-10-12)7-6-11-4-2-1-3-5-11;14-13(11-7-3-1-4-8-11)12-9-5-2-6-10-12;11-10-4-7-1-8(5-10)3-9(2-7)6-10;1-8(10)7-9-5-3-2-4-6-9;1-2-6-9-7-4-3-5-8-9/h4,6,11-12,16-18H,3,5,7-10H2,1-2H3;1-12,16H;1-5,8-10,13H,6-7H2;11-13H,1-10H2;7-9H,1-6H2;2-6,8H,7H2,1H3;3-5,7-8H,2,6H2,1H3/b;12-11+;;;;;/t12?,16-,17-,18+,20+;;;;;;/m1....../s1. The summed E-state index contributed by atoms with van der Waals surface area (Å²) in [4.78, 5) is 23.8. The fraction of sp³-hybridized carbons (Fsp3) is 0.511. The fourth-order valence-electron chi connectivity index (χ4n) is 17.9. The van der Waals surface area contributed by atoms with Crippen molar-refractivity contribution in [3.8, 4) is 5.75 Å². The third kappa shape index (κ3) is 24.7. The molecule has 16 rings (SSSR count). The monoisotopic (exact) mass is 1400 g/mol. The lowest BCUT2D eigenvalue weighted by Gasteiger charge is -2.52. The highest BCUT2D eigenvalue weighted by atomic mass is 32.1. The maximum Gasteiger partial charge on any atom is 0.333 e. The number of Topliss-reactive ketones (excluding diaryl/α,β-unsaturated/α-hetero) is 1. The molecule has 0 spiro atoms. The molecule has 4 bridgehead atoms. The Bertz CT molecular complexity index is 3430. The van der Waals surface area contributed by atoms with E-state index in [9.17, 15) is 35.9 Å². The molecule has 544 valence electrons. The number of carbonyl (C=O) groups is 2. The SMILES string of the molecule is CC(F)Cc1ccccc1.CC(F)Oc1ccc2c(c1)CC[C@@H]1[C@@H]2CC[C@]2(C)C(=O)CC[C@@H]12.CCCc1ccccc1.FC(C1CCCCC1)C1CCCCC1.FC(CCc1ccccc1)c1ccsc1.FC12CC3CC(CC(C3)C1)C2.O=C(/C=C/c1ccccc1)OC(F)c1ccccc1. The summed E-state index contributed by atoms with van der Waals surface area (Å²) in [7, 11) is 0. The van der Waals surface area contributed by atoms with Gasteiger partial charge in [0, 0.05) is 36.8 Å². The number of rotatable bonds is 16. The Morgan fingerprint density at radius 2 is 1.14 bits per heavy atom. The smallest absolute Gasteiger partial charge is 0.333 e. The molecule has 4 nitrogen and oxygen atoms in total. The van der Waals surface area contributed by atoms with Gasteiger partial charge in [0.1, 0.15) is 35.7 Å². The number of alkyl halides is 6. The summed E-state index contributed by atoms with van der Waals surface area (Å²) in [5.74, 6) is 5.34. The highest BCUT2D eigenvalue weighted by molar-refractivity contribution is 7.08. The maximum absolute atomic E-state index is 14.2. The molecule has 0 radical (unpaired) electrons. The summed E-state index contributed by atoms with van der Waals surface area (Å²) in [6.07, 6.45) is 27.5. The lowest BCUT2D eigenvalue weighted by molar-refractivity contribution is -0.152. The summed E-state index contributed by atoms with van der Waals surface area (Å²) < 4.78 is 90.7. The van der Waals surface area contributed by atoms with Crippen molar-refractivity contribution in [3.63, 3.8) is 0 Å². The number of ketones is 1. The van der Waals surface area contributed by atoms with Crippen molar-refractivity contribution < 1.29 is 45.4 Å². The Hall–Kier alpha value is -6.72. The van der Waals surface area contributed by atoms with Gasteiger partial charge in [-0.1, -0.05) is 217 Å². The third-order valence-electron chi connectivity index (χ3n) is 22.5. The van der Waals surface area contributed by atoms with Gasteiger partial charge in [0.25, 0.3) is 6.36 Å². The van der Waals surface area contributed by atoms with Gasteiger partial charge in [-0.05, 0) is 244 Å². The zero-order chi connectivity index (χ0) is 71.4. The minimum absolute atomic E-state index is 0.0641. The number of hydrogen-bond acceptors (Lipinski definition) is 5. The van der Waals surface area contributed by atoms with Crippen LogP contribution in [-0.4, -0.2) is 36.1 Å². The molecule has 8 fully saturated rings. The number of hydrogen-bond donors (Lipinski definition) is 0. The highest BCUT2D eigenvalue weighted by Gasteiger charge is 2.55. The number of benzene rings is 6. The molecule has 6 aromatic carbocycles. The van der Waals surface area contributed by atoms with Gasteiger partial charge in [-0.2, -0.15) is 15.7 Å². The number of ether oxygens (including phenoxy) is 2. The summed E-state index contributed by atoms with van der Waals surface area (Å²) in [5.41, 5.74) is 7.68. The van der Waals surface area contributed by atoms with Gasteiger partial charge in [0.05, 0.1) is 0 Å². The zero-order valence-electron chi connectivity index (χ0n) is 60.5. The first-order valence-electron chi connectivity index (χ1n) is 38.3. The maximum atomic E-state index is 14.2. The van der Waals surface area contributed by atoms with Crippen molar-refractivity contribution in [1.82, 2.24) is 0 Å². The molecule has 101 heavy (non-hydrogen) atoms. The second kappa shape index (κ2) is 40.4. The van der Waals surface area contributed by atoms with E-state index in [2.05, 4.69) is 55.0 Å². The van der Waals surface area contributed by atoms with E-state index in [0.29, 0.717) is 59.5 Å². The molecule has 11 heteroatoms. The minimum atomic E-state index is -1.74. The van der Waals surface area contributed by atoms with E-state index in [1.54, 1.807) is 54.7 Å². The Kier molecular flexibility index (Phi) is 31.3. The normalized spacial score (nSPS) is 25.0. The molecule has 9 aliphatic carbocycles. The van der Waals surface area contributed by atoms with Gasteiger partial charge in [-0.3, -0.25) is 4.79 Å². The van der Waals surface area contributed by atoms with Crippen LogP contribution in [0, 0.1) is 46.8 Å². The van der Waals surface area contributed by atoms with Gasteiger partial charge in [-0.15, -0.1) is 0 Å². The molecular formula is C90H112F6O4S. The van der Waals surface area contributed by atoms with E-state index in [1.807, 2.05) is 120 Å². The first-order chi connectivity index (χ1) is 48.9. The molecule has 8 atom stereocenters. The Labute approximate surface area is 605 Å². The summed E-state index contributed by atoms with van der Waals surface area (Å²) in [5, 5.41) is 3.81. The van der Waals surface area contributed by atoms with E-state index in [-0.39, 0.29) is 5.41 Å². The number of halogens is 6. The van der Waals surface area contributed by atoms with Crippen LogP contribution in [0.25, 0.3) is 6.08 Å². The van der Waals surface area contributed by atoms with Crippen LogP contribution in [-0.2, 0) is 40.0 Å². The molecular weight excluding hydrogens is 1290 g/mol. The second-order valence-corrected chi connectivity index (χ2v) is 31.1. The van der Waals surface area contributed by atoms with Crippen molar-refractivity contribution in [3.05, 3.63) is 237 Å². The fourth-order valence-corrected chi connectivity index (χ4v) is 18.6. The predicted octanol–water partition coefficient (Wildman–Crippen LogP) is 25.7. The summed E-state index contributed by atoms with van der Waals surface area (Å²) in [6, 6.07) is 55.8. The zero-order valence-corrected chi connectivity index (χ0v) is 61.3. The van der Waals surface area contributed by atoms with Gasteiger partial charge < -0.3 is 9.47 Å². The van der Waals surface area contributed by atoms with Crippen molar-refractivity contribution in [2.45, 2.75) is 244 Å². The number of esters is 1. The van der Waals surface area contributed by atoms with E-state index in [0.717, 1.165) is 124 Å². The van der Waals surface area contributed by atoms with Crippen molar-refractivity contribution in [1.29, 1.82) is 0 Å². The lowest BCUT2D eigenvalue weighted by atomic mass is 9.55. The third-order valence-corrected chi connectivity index (χ3v) is 23.2. The molecule has 0 N–H and O–H groups in total. The van der Waals surface area contributed by atoms with Gasteiger partial charge in [-0.25, -0.2) is 26.7 Å². The topological polar surface area (TPSA) is 52.6 Å². The summed E-state index contributed by atoms with van der Waals surface area (Å²) >= 11 is 1.55. The van der Waals surface area contributed by atoms with Crippen LogP contribution < -0.4 is 4.74 Å². The largest absolute Gasteiger partial charge is 0.461 e. The summed E-state index contributed by atoms with van der Waals surface area (Å²) in [6.45, 7) is 7.40. The van der Waals surface area contributed by atoms with Gasteiger partial charge in [0.15, 0.2) is 0 Å². The highest BCUT2D eigenvalue weighted by Crippen LogP contribution is 2.60. The lowest BCUT2D eigenvalue weighted by Crippen LogP contribution is -2.47. The molecule has 7 aromatic rings. The molecule has 0 saturated heterocycles. The number of carbonyl (C=O) groups excluding carboxylic acids is 2. The number of fused-ring (bicyclic) bond motifs is 5. The van der Waals surface area contributed by atoms with E-state index >= 15 is 0 Å². The average Bonchev–Trinajstić information content (AvgIpc) is 1.71. The Morgan fingerprint density at radius 1 is 0.604 bits per heavy atom. The number of aryl methyl sites for hydroxylation is 3. The van der Waals surface area contributed by atoms with Gasteiger partial charge >= 0.3 is 5.97 Å².